The van der Waals surface area contributed by atoms with Gasteiger partial charge in [-0.2, -0.15) is 0 Å². The van der Waals surface area contributed by atoms with Crippen LogP contribution in [0.25, 0.3) is 10.9 Å². The molecule has 0 radical (unpaired) electrons. The minimum absolute atomic E-state index is 0. The lowest BCUT2D eigenvalue weighted by Gasteiger charge is -2.34. The van der Waals surface area contributed by atoms with Crippen LogP contribution in [0.15, 0.2) is 65.5 Å². The first-order valence-electron chi connectivity index (χ1n) is 14.1. The maximum absolute atomic E-state index is 13.6. The third-order valence-corrected chi connectivity index (χ3v) is 7.73. The molecule has 0 aliphatic heterocycles. The Bertz CT molecular complexity index is 1340. The Kier molecular flexibility index (Phi) is 21.5. The van der Waals surface area contributed by atoms with E-state index in [2.05, 4.69) is 12.4 Å². The molecule has 0 saturated heterocycles. The fourth-order valence-electron chi connectivity index (χ4n) is 5.26. The van der Waals surface area contributed by atoms with Crippen molar-refractivity contribution in [3.05, 3.63) is 82.1 Å². The van der Waals surface area contributed by atoms with Crippen LogP contribution >= 0.6 is 49.6 Å². The molecule has 3 rings (SSSR count). The van der Waals surface area contributed by atoms with Crippen molar-refractivity contribution in [1.29, 1.82) is 0 Å². The lowest BCUT2D eigenvalue weighted by atomic mass is 9.97. The monoisotopic (exact) mass is 693 g/mol. The number of pyridine rings is 1. The van der Waals surface area contributed by atoms with E-state index in [0.29, 0.717) is 37.9 Å². The number of halogens is 4. The Morgan fingerprint density at radius 2 is 1.48 bits per heavy atom. The fourth-order valence-corrected chi connectivity index (χ4v) is 5.26. The van der Waals surface area contributed by atoms with Gasteiger partial charge in [0.25, 0.3) is 5.56 Å². The molecule has 7 N–H and O–H groups in total. The van der Waals surface area contributed by atoms with Crippen LogP contribution < -0.4 is 28.1 Å². The summed E-state index contributed by atoms with van der Waals surface area (Å²) < 4.78 is 2.30. The number of carbonyl (C=O) groups is 2. The van der Waals surface area contributed by atoms with Crippen LogP contribution in [0.1, 0.15) is 30.4 Å². The molecule has 2 atom stereocenters. The standard InChI is InChI=1S/C31H44N6O3.4ClH/c1-36-28-13-7-6-11-24(28)21-25(31(36)40)22-29(38)27(15-14-23-9-4-3-5-10-23)35-30(39)26(34)12-8-18-37(2,19-16-32)20-17-33;;;;/h3-7,9-11,13,21,26-27H,8,12,14-20,22,32-34H2,1-2H3;4*1H/p+1/t26-,27+;;;;/m0..../s1. The number of Topliss-reactive ketones (excluding diaryl/α,β-unsaturated/α-hetero) is 1. The highest BCUT2D eigenvalue weighted by Gasteiger charge is 2.26. The van der Waals surface area contributed by atoms with Crippen LogP contribution in [0, 0.1) is 0 Å². The molecule has 1 aromatic heterocycles. The molecule has 248 valence electrons. The second kappa shape index (κ2) is 21.5. The number of para-hydroxylation sites is 1. The average Bonchev–Trinajstić information content (AvgIpc) is 2.94. The van der Waals surface area contributed by atoms with E-state index in [1.54, 1.807) is 17.7 Å². The summed E-state index contributed by atoms with van der Waals surface area (Å²) in [4.78, 5) is 39.7. The summed E-state index contributed by atoms with van der Waals surface area (Å²) in [6.07, 6.45) is 2.18. The molecule has 0 aliphatic carbocycles. The molecule has 1 amide bonds. The van der Waals surface area contributed by atoms with Crippen LogP contribution in [0.4, 0.5) is 0 Å². The van der Waals surface area contributed by atoms with Crippen molar-refractivity contribution in [2.75, 3.05) is 39.8 Å². The van der Waals surface area contributed by atoms with E-state index < -0.39 is 12.1 Å². The van der Waals surface area contributed by atoms with Gasteiger partial charge in [-0.25, -0.2) is 0 Å². The number of aryl methyl sites for hydroxylation is 2. The molecule has 9 nitrogen and oxygen atoms in total. The van der Waals surface area contributed by atoms with Crippen LogP contribution in [0.3, 0.4) is 0 Å². The van der Waals surface area contributed by atoms with Crippen molar-refractivity contribution in [1.82, 2.24) is 9.88 Å². The Hall–Kier alpha value is -2.21. The maximum atomic E-state index is 13.6. The highest BCUT2D eigenvalue weighted by molar-refractivity contribution is 5.92. The molecule has 13 heteroatoms. The largest absolute Gasteiger partial charge is 0.345 e. The van der Waals surface area contributed by atoms with E-state index in [1.165, 1.54) is 0 Å². The van der Waals surface area contributed by atoms with E-state index in [9.17, 15) is 14.4 Å². The van der Waals surface area contributed by atoms with Crippen molar-refractivity contribution < 1.29 is 14.1 Å². The minimum Gasteiger partial charge on any atom is -0.345 e. The Morgan fingerprint density at radius 1 is 0.886 bits per heavy atom. The molecule has 1 heterocycles. The van der Waals surface area contributed by atoms with E-state index in [-0.39, 0.29) is 73.3 Å². The summed E-state index contributed by atoms with van der Waals surface area (Å²) in [5.74, 6) is -0.566. The number of hydrogen-bond acceptors (Lipinski definition) is 6. The lowest BCUT2D eigenvalue weighted by molar-refractivity contribution is -0.907. The first-order chi connectivity index (χ1) is 19.2. The zero-order valence-electron chi connectivity index (χ0n) is 25.5. The van der Waals surface area contributed by atoms with Crippen LogP contribution in [0.2, 0.25) is 0 Å². The number of carbonyl (C=O) groups excluding carboxylic acids is 2. The smallest absolute Gasteiger partial charge is 0.254 e. The van der Waals surface area contributed by atoms with Gasteiger partial charge in [-0.3, -0.25) is 14.4 Å². The Balaban J connectivity index is 0. The first kappa shape index (κ1) is 43.9. The van der Waals surface area contributed by atoms with E-state index in [0.717, 1.165) is 47.0 Å². The van der Waals surface area contributed by atoms with Gasteiger partial charge in [-0.05, 0) is 48.8 Å². The van der Waals surface area contributed by atoms with E-state index in [1.807, 2.05) is 54.6 Å². The third-order valence-electron chi connectivity index (χ3n) is 7.73. The van der Waals surface area contributed by atoms with Gasteiger partial charge in [-0.15, -0.1) is 49.6 Å². The number of benzene rings is 2. The second-order valence-corrected chi connectivity index (χ2v) is 10.9. The molecule has 0 fully saturated rings. The molecule has 0 spiro atoms. The van der Waals surface area contributed by atoms with Gasteiger partial charge in [-0.1, -0.05) is 48.5 Å². The molecule has 0 saturated carbocycles. The van der Waals surface area contributed by atoms with Gasteiger partial charge in [0.15, 0.2) is 5.78 Å². The van der Waals surface area contributed by atoms with Crippen molar-refractivity contribution in [2.45, 2.75) is 44.2 Å². The molecule has 44 heavy (non-hydrogen) atoms. The highest BCUT2D eigenvalue weighted by atomic mass is 35.5. The number of fused-ring (bicyclic) bond motifs is 1. The SMILES string of the molecule is Cl.Cl.Cl.Cl.Cn1c(=O)c(CC(=O)[C@@H](CCc2ccccc2)NC(=O)[C@@H](N)CCC[N+](C)(CCN)CCN)cc2ccccc21. The quantitative estimate of drug-likeness (QED) is 0.170. The number of ketones is 1. The molecule has 0 bridgehead atoms. The number of amides is 1. The molecular formula is C31H49Cl4N6O3+. The van der Waals surface area contributed by atoms with Gasteiger partial charge < -0.3 is 31.6 Å². The predicted molar refractivity (Wildman–Crippen MR) is 190 cm³/mol. The normalized spacial score (nSPS) is 12.0. The van der Waals surface area contributed by atoms with Gasteiger partial charge in [0.2, 0.25) is 5.91 Å². The molecular weight excluding hydrogens is 646 g/mol. The van der Waals surface area contributed by atoms with Crippen molar-refractivity contribution >= 4 is 72.2 Å². The van der Waals surface area contributed by atoms with E-state index in [4.69, 9.17) is 17.2 Å². The van der Waals surface area contributed by atoms with Gasteiger partial charge in [0, 0.05) is 32.1 Å². The zero-order valence-corrected chi connectivity index (χ0v) is 28.7. The van der Waals surface area contributed by atoms with Crippen molar-refractivity contribution in [2.24, 2.45) is 24.2 Å². The Morgan fingerprint density at radius 3 is 2.09 bits per heavy atom. The van der Waals surface area contributed by atoms with Crippen LogP contribution in [-0.2, 0) is 29.5 Å². The fraction of sp³-hybridized carbons (Fsp3) is 0.452. The predicted octanol–water partition coefficient (Wildman–Crippen LogP) is 2.93. The summed E-state index contributed by atoms with van der Waals surface area (Å²) in [5, 5.41) is 3.79. The number of aromatic nitrogens is 1. The Labute approximate surface area is 285 Å². The minimum atomic E-state index is -0.759. The van der Waals surface area contributed by atoms with Crippen molar-refractivity contribution in [3.63, 3.8) is 0 Å². The van der Waals surface area contributed by atoms with Gasteiger partial charge in [0.1, 0.15) is 0 Å². The summed E-state index contributed by atoms with van der Waals surface area (Å²) in [6, 6.07) is 17.6. The maximum Gasteiger partial charge on any atom is 0.254 e. The second-order valence-electron chi connectivity index (χ2n) is 10.9. The summed E-state index contributed by atoms with van der Waals surface area (Å²) in [5.41, 5.74) is 19.9. The first-order valence-corrected chi connectivity index (χ1v) is 14.1. The number of quaternary nitrogens is 1. The van der Waals surface area contributed by atoms with Gasteiger partial charge in [0.05, 0.1) is 44.3 Å². The van der Waals surface area contributed by atoms with Crippen LogP contribution in [0.5, 0.6) is 0 Å². The average molecular weight is 696 g/mol. The van der Waals surface area contributed by atoms with Gasteiger partial charge >= 0.3 is 0 Å². The summed E-state index contributed by atoms with van der Waals surface area (Å²) >= 11 is 0. The lowest BCUT2D eigenvalue weighted by Crippen LogP contribution is -2.52. The number of nitrogens with zero attached hydrogens (tertiary/aromatic N) is 2. The number of rotatable bonds is 16. The van der Waals surface area contributed by atoms with Crippen LogP contribution in [-0.4, -0.2) is 72.6 Å². The number of likely N-dealkylation sites (N-methyl/N-ethyl adjacent to an activating group) is 1. The molecule has 2 aromatic carbocycles. The molecule has 3 aromatic rings. The molecule has 0 aliphatic rings. The van der Waals surface area contributed by atoms with E-state index >= 15 is 0 Å². The number of hydrogen-bond donors (Lipinski definition) is 4. The third kappa shape index (κ3) is 12.7. The summed E-state index contributed by atoms with van der Waals surface area (Å²) in [7, 11) is 3.82. The zero-order chi connectivity index (χ0) is 29.1. The van der Waals surface area contributed by atoms with Crippen molar-refractivity contribution in [3.8, 4) is 0 Å². The number of nitrogens with two attached hydrogens (primary N) is 3. The highest BCUT2D eigenvalue weighted by Crippen LogP contribution is 2.15. The molecule has 0 unspecified atom stereocenters. The topological polar surface area (TPSA) is 146 Å². The number of nitrogens with one attached hydrogen (secondary N) is 1. The summed E-state index contributed by atoms with van der Waals surface area (Å²) in [6.45, 7) is 3.56.